The fraction of sp³-hybridized carbons (Fsp3) is 0.167. The molecule has 0 fully saturated rings. The monoisotopic (exact) mass is 267 g/mol. The molecule has 11 heteroatoms. The molecule has 1 atom stereocenters. The summed E-state index contributed by atoms with van der Waals surface area (Å²) < 4.78 is 0. The van der Waals surface area contributed by atoms with Crippen molar-refractivity contribution in [1.29, 1.82) is 0 Å². The molecule has 1 aliphatic carbocycles. The van der Waals surface area contributed by atoms with Crippen LogP contribution in [0.25, 0.3) is 5.53 Å². The first-order valence-corrected chi connectivity index (χ1v) is 3.74. The van der Waals surface area contributed by atoms with E-state index in [9.17, 15) is 30.4 Å². The van der Waals surface area contributed by atoms with Crippen molar-refractivity contribution in [3.63, 3.8) is 0 Å². The molecule has 10 nitrogen and oxygen atoms in total. The van der Waals surface area contributed by atoms with Crippen LogP contribution in [-0.2, 0) is 0 Å². The average Bonchev–Trinajstić information content (AvgIpc) is 2.20. The molecule has 1 radical (unpaired) electrons. The van der Waals surface area contributed by atoms with Crippen molar-refractivity contribution in [2.24, 2.45) is 0 Å². The number of aliphatic hydroxyl groups excluding tert-OH is 2. The fourth-order valence-electron chi connectivity index (χ4n) is 1.10. The van der Waals surface area contributed by atoms with Gasteiger partial charge in [0.1, 0.15) is 6.08 Å². The van der Waals surface area contributed by atoms with Crippen molar-refractivity contribution in [2.75, 3.05) is 0 Å². The van der Waals surface area contributed by atoms with E-state index in [0.29, 0.717) is 6.08 Å². The maximum atomic E-state index is 10.5. The molecule has 0 aromatic heterocycles. The summed E-state index contributed by atoms with van der Waals surface area (Å²) in [5.41, 5.74) is 5.40. The van der Waals surface area contributed by atoms with E-state index in [-0.39, 0.29) is 51.4 Å². The van der Waals surface area contributed by atoms with Crippen molar-refractivity contribution in [1.82, 2.24) is 0 Å². The standard InChI is InChI=1S/C6H4N4O6.K/c7-8-2-1-3(9(13)14)4(10(15)16)6(12)5(2)11;/h1,5,11-12H;. The van der Waals surface area contributed by atoms with Gasteiger partial charge in [0.25, 0.3) is 0 Å². The fourth-order valence-corrected chi connectivity index (χ4v) is 1.10. The van der Waals surface area contributed by atoms with Gasteiger partial charge in [-0.05, 0) is 0 Å². The average molecular weight is 267 g/mol. The molecular weight excluding hydrogens is 263 g/mol. The summed E-state index contributed by atoms with van der Waals surface area (Å²) in [6, 6.07) is 0. The van der Waals surface area contributed by atoms with E-state index in [1.807, 2.05) is 0 Å². The van der Waals surface area contributed by atoms with Gasteiger partial charge in [0.2, 0.25) is 11.9 Å². The van der Waals surface area contributed by atoms with Gasteiger partial charge in [-0.1, -0.05) is 0 Å². The summed E-state index contributed by atoms with van der Waals surface area (Å²) >= 11 is 0. The first-order valence-electron chi connectivity index (χ1n) is 3.74. The van der Waals surface area contributed by atoms with Crippen molar-refractivity contribution < 1.29 is 24.8 Å². The summed E-state index contributed by atoms with van der Waals surface area (Å²) in [7, 11) is 0. The van der Waals surface area contributed by atoms with Crippen molar-refractivity contribution in [3.8, 4) is 0 Å². The molecule has 0 heterocycles. The Labute approximate surface area is 136 Å². The molecule has 0 aromatic carbocycles. The molecule has 17 heavy (non-hydrogen) atoms. The van der Waals surface area contributed by atoms with Crippen molar-refractivity contribution in [3.05, 3.63) is 49.0 Å². The third-order valence-corrected chi connectivity index (χ3v) is 1.80. The third-order valence-electron chi connectivity index (χ3n) is 1.80. The van der Waals surface area contributed by atoms with Gasteiger partial charge in [0.05, 0.1) is 9.85 Å². The van der Waals surface area contributed by atoms with Gasteiger partial charge < -0.3 is 15.7 Å². The quantitative estimate of drug-likeness (QED) is 0.211. The second-order valence-electron chi connectivity index (χ2n) is 2.71. The van der Waals surface area contributed by atoms with Crippen LogP contribution in [-0.4, -0.2) is 88.0 Å². The first kappa shape index (κ1) is 16.1. The van der Waals surface area contributed by atoms with Crippen LogP contribution >= 0.6 is 0 Å². The van der Waals surface area contributed by atoms with Crippen molar-refractivity contribution in [2.45, 2.75) is 6.10 Å². The Balaban J connectivity index is 0.00000256. The SMILES string of the molecule is [K].[N-]=[N+]=C1C=C([N+](=O)[O-])C([N+](=O)[O-])=C(O)C1O. The van der Waals surface area contributed by atoms with Crippen LogP contribution in [0, 0.1) is 20.2 Å². The molecule has 0 saturated heterocycles. The van der Waals surface area contributed by atoms with E-state index in [1.54, 1.807) is 0 Å². The molecule has 0 saturated carbocycles. The second-order valence-corrected chi connectivity index (χ2v) is 2.71. The summed E-state index contributed by atoms with van der Waals surface area (Å²) in [4.78, 5) is 21.0. The van der Waals surface area contributed by atoms with Gasteiger partial charge in [-0.15, -0.1) is 0 Å². The van der Waals surface area contributed by atoms with Gasteiger partial charge in [0.15, 0.2) is 0 Å². The Bertz CT molecular complexity index is 491. The Morgan fingerprint density at radius 1 is 1.35 bits per heavy atom. The Kier molecular flexibility index (Phi) is 5.78. The third kappa shape index (κ3) is 3.04. The van der Waals surface area contributed by atoms with E-state index in [2.05, 4.69) is 4.79 Å². The van der Waals surface area contributed by atoms with Gasteiger partial charge >= 0.3 is 17.1 Å². The molecule has 0 aromatic rings. The molecule has 2 N–H and O–H groups in total. The van der Waals surface area contributed by atoms with Crippen LogP contribution in [0.3, 0.4) is 0 Å². The number of hydrogen-bond acceptors (Lipinski definition) is 6. The molecule has 85 valence electrons. The van der Waals surface area contributed by atoms with Crippen LogP contribution < -0.4 is 0 Å². The first-order chi connectivity index (χ1) is 7.40. The topological polar surface area (TPSA) is 163 Å². The number of hydrogen-bond donors (Lipinski definition) is 2. The van der Waals surface area contributed by atoms with Crippen LogP contribution in [0.1, 0.15) is 0 Å². The number of rotatable bonds is 2. The van der Waals surface area contributed by atoms with Gasteiger partial charge in [-0.2, -0.15) is 4.79 Å². The molecule has 0 amide bonds. The molecule has 0 bridgehead atoms. The van der Waals surface area contributed by atoms with Crippen molar-refractivity contribution >= 4 is 57.1 Å². The van der Waals surface area contributed by atoms with Crippen LogP contribution in [0.2, 0.25) is 0 Å². The Hall–Kier alpha value is -0.944. The van der Waals surface area contributed by atoms with E-state index in [0.717, 1.165) is 0 Å². The molecule has 0 aliphatic heterocycles. The molecule has 1 rings (SSSR count). The van der Waals surface area contributed by atoms with E-state index >= 15 is 0 Å². The van der Waals surface area contributed by atoms with Crippen LogP contribution in [0.15, 0.2) is 23.2 Å². The predicted molar refractivity (Wildman–Crippen MR) is 52.1 cm³/mol. The van der Waals surface area contributed by atoms with Gasteiger partial charge in [-0.3, -0.25) is 20.2 Å². The van der Waals surface area contributed by atoms with E-state index in [1.165, 1.54) is 0 Å². The maximum Gasteiger partial charge on any atom is 0.386 e. The zero-order valence-electron chi connectivity index (χ0n) is 8.47. The second kappa shape index (κ2) is 6.12. The number of nitro groups is 2. The number of aliphatic hydroxyl groups is 2. The van der Waals surface area contributed by atoms with Gasteiger partial charge in [-0.25, -0.2) is 0 Å². The minimum absolute atomic E-state index is 0. The largest absolute Gasteiger partial charge is 0.503 e. The summed E-state index contributed by atoms with van der Waals surface area (Å²) in [6.45, 7) is 0. The Morgan fingerprint density at radius 3 is 2.24 bits per heavy atom. The minimum atomic E-state index is -1.96. The molecule has 1 aliphatic rings. The minimum Gasteiger partial charge on any atom is -0.503 e. The van der Waals surface area contributed by atoms with Crippen LogP contribution in [0.4, 0.5) is 0 Å². The van der Waals surface area contributed by atoms with Gasteiger partial charge in [0, 0.05) is 51.4 Å². The van der Waals surface area contributed by atoms with E-state index < -0.39 is 38.8 Å². The smallest absolute Gasteiger partial charge is 0.386 e. The summed E-state index contributed by atoms with van der Waals surface area (Å²) in [5, 5.41) is 39.3. The summed E-state index contributed by atoms with van der Waals surface area (Å²) in [6.07, 6.45) is -1.46. The zero-order valence-corrected chi connectivity index (χ0v) is 11.6. The number of nitrogens with zero attached hydrogens (tertiary/aromatic N) is 4. The Morgan fingerprint density at radius 2 is 1.88 bits per heavy atom. The normalized spacial score (nSPS) is 19.0. The summed E-state index contributed by atoms with van der Waals surface area (Å²) in [5.74, 6) is -1.24. The molecule has 0 spiro atoms. The predicted octanol–water partition coefficient (Wildman–Crippen LogP) is -1.14. The van der Waals surface area contributed by atoms with Crippen LogP contribution in [0.5, 0.6) is 0 Å². The van der Waals surface area contributed by atoms with E-state index in [4.69, 9.17) is 5.53 Å². The molecule has 1 unspecified atom stereocenters. The molecular formula is C6H4KN4O6. The zero-order chi connectivity index (χ0) is 12.5. The maximum absolute atomic E-state index is 10.5.